The largest absolute Gasteiger partial charge is 0.492 e. The van der Waals surface area contributed by atoms with Crippen LogP contribution in [0.5, 0.6) is 5.75 Å². The van der Waals surface area contributed by atoms with E-state index in [1.54, 1.807) is 18.5 Å². The molecule has 112 valence electrons. The Morgan fingerprint density at radius 3 is 2.76 bits per heavy atom. The molecule has 0 saturated heterocycles. The number of rotatable bonds is 6. The van der Waals surface area contributed by atoms with Gasteiger partial charge in [0, 0.05) is 18.3 Å². The standard InChI is InChI=1S/C16H18F2N2O/c1-2-5-21-14-6-12(9-20-10-14)16(19)7-11-3-4-13(17)8-15(11)18/h3-4,6,8-10,16H,2,5,7,19H2,1H3. The van der Waals surface area contributed by atoms with Crippen LogP contribution in [0, 0.1) is 11.6 Å². The van der Waals surface area contributed by atoms with E-state index in [1.165, 1.54) is 12.1 Å². The van der Waals surface area contributed by atoms with Crippen LogP contribution < -0.4 is 10.5 Å². The van der Waals surface area contributed by atoms with E-state index in [0.29, 0.717) is 17.9 Å². The third-order valence-corrected chi connectivity index (χ3v) is 3.09. The number of nitrogens with zero attached hydrogens (tertiary/aromatic N) is 1. The van der Waals surface area contributed by atoms with Crippen LogP contribution in [0.15, 0.2) is 36.7 Å². The molecule has 1 aromatic heterocycles. The maximum Gasteiger partial charge on any atom is 0.137 e. The molecular weight excluding hydrogens is 274 g/mol. The second-order valence-corrected chi connectivity index (χ2v) is 4.85. The maximum atomic E-state index is 13.6. The third-order valence-electron chi connectivity index (χ3n) is 3.09. The Morgan fingerprint density at radius 1 is 1.24 bits per heavy atom. The van der Waals surface area contributed by atoms with Gasteiger partial charge in [-0.2, -0.15) is 0 Å². The molecule has 2 aromatic rings. The molecule has 21 heavy (non-hydrogen) atoms. The molecule has 5 heteroatoms. The van der Waals surface area contributed by atoms with Gasteiger partial charge in [0.1, 0.15) is 17.4 Å². The van der Waals surface area contributed by atoms with E-state index in [9.17, 15) is 8.78 Å². The zero-order valence-corrected chi connectivity index (χ0v) is 11.9. The predicted molar refractivity (Wildman–Crippen MR) is 77.0 cm³/mol. The van der Waals surface area contributed by atoms with Gasteiger partial charge in [0.15, 0.2) is 0 Å². The number of pyridine rings is 1. The zero-order chi connectivity index (χ0) is 15.2. The van der Waals surface area contributed by atoms with E-state index in [2.05, 4.69) is 4.98 Å². The fourth-order valence-corrected chi connectivity index (χ4v) is 1.98. The fourth-order valence-electron chi connectivity index (χ4n) is 1.98. The number of halogens is 2. The van der Waals surface area contributed by atoms with Crippen LogP contribution in [0.3, 0.4) is 0 Å². The monoisotopic (exact) mass is 292 g/mol. The van der Waals surface area contributed by atoms with Gasteiger partial charge in [-0.05, 0) is 36.1 Å². The number of hydrogen-bond donors (Lipinski definition) is 1. The molecule has 0 amide bonds. The topological polar surface area (TPSA) is 48.1 Å². The summed E-state index contributed by atoms with van der Waals surface area (Å²) in [5.41, 5.74) is 7.21. The molecule has 0 saturated carbocycles. The number of hydrogen-bond acceptors (Lipinski definition) is 3. The predicted octanol–water partition coefficient (Wildman–Crippen LogP) is 3.39. The number of benzene rings is 1. The van der Waals surface area contributed by atoms with Crippen molar-refractivity contribution in [3.63, 3.8) is 0 Å². The van der Waals surface area contributed by atoms with Gasteiger partial charge in [-0.15, -0.1) is 0 Å². The minimum absolute atomic E-state index is 0.269. The Labute approximate surface area is 122 Å². The molecular formula is C16H18F2N2O. The summed E-state index contributed by atoms with van der Waals surface area (Å²) in [5.74, 6) is -0.539. The van der Waals surface area contributed by atoms with E-state index < -0.39 is 17.7 Å². The molecule has 0 radical (unpaired) electrons. The molecule has 0 spiro atoms. The number of ether oxygens (including phenoxy) is 1. The van der Waals surface area contributed by atoms with Crippen molar-refractivity contribution >= 4 is 0 Å². The van der Waals surface area contributed by atoms with Crippen LogP contribution in [0.2, 0.25) is 0 Å². The second kappa shape index (κ2) is 7.13. The summed E-state index contributed by atoms with van der Waals surface area (Å²) in [6, 6.07) is 4.87. The number of nitrogens with two attached hydrogens (primary N) is 1. The Hall–Kier alpha value is -2.01. The van der Waals surface area contributed by atoms with E-state index in [4.69, 9.17) is 10.5 Å². The van der Waals surface area contributed by atoms with Crippen molar-refractivity contribution in [2.24, 2.45) is 5.73 Å². The van der Waals surface area contributed by atoms with Crippen molar-refractivity contribution in [2.75, 3.05) is 6.61 Å². The van der Waals surface area contributed by atoms with Gasteiger partial charge in [-0.1, -0.05) is 13.0 Å². The van der Waals surface area contributed by atoms with E-state index in [0.717, 1.165) is 18.1 Å². The first-order chi connectivity index (χ1) is 10.1. The van der Waals surface area contributed by atoms with Crippen LogP contribution in [0.4, 0.5) is 8.78 Å². The van der Waals surface area contributed by atoms with Gasteiger partial charge in [0.2, 0.25) is 0 Å². The highest BCUT2D eigenvalue weighted by Crippen LogP contribution is 2.21. The molecule has 1 atom stereocenters. The van der Waals surface area contributed by atoms with E-state index in [1.807, 2.05) is 6.92 Å². The summed E-state index contributed by atoms with van der Waals surface area (Å²) in [4.78, 5) is 4.08. The van der Waals surface area contributed by atoms with Gasteiger partial charge in [-0.25, -0.2) is 8.78 Å². The highest BCUT2D eigenvalue weighted by Gasteiger charge is 2.12. The van der Waals surface area contributed by atoms with Crippen LogP contribution in [0.25, 0.3) is 0 Å². The summed E-state index contributed by atoms with van der Waals surface area (Å²) in [6.07, 6.45) is 4.41. The average Bonchev–Trinajstić information content (AvgIpc) is 2.48. The highest BCUT2D eigenvalue weighted by molar-refractivity contribution is 5.28. The van der Waals surface area contributed by atoms with E-state index in [-0.39, 0.29) is 6.42 Å². The van der Waals surface area contributed by atoms with Crippen molar-refractivity contribution in [2.45, 2.75) is 25.8 Å². The van der Waals surface area contributed by atoms with Crippen molar-refractivity contribution in [3.05, 3.63) is 59.4 Å². The SMILES string of the molecule is CCCOc1cncc(C(N)Cc2ccc(F)cc2F)c1. The van der Waals surface area contributed by atoms with Crippen LogP contribution in [0.1, 0.15) is 30.5 Å². The quantitative estimate of drug-likeness (QED) is 0.887. The Kier molecular flexibility index (Phi) is 5.22. The normalized spacial score (nSPS) is 12.2. The minimum atomic E-state index is -0.596. The average molecular weight is 292 g/mol. The second-order valence-electron chi connectivity index (χ2n) is 4.85. The summed E-state index contributed by atoms with van der Waals surface area (Å²) in [5, 5.41) is 0. The number of aromatic nitrogens is 1. The molecule has 0 bridgehead atoms. The lowest BCUT2D eigenvalue weighted by atomic mass is 10.0. The lowest BCUT2D eigenvalue weighted by molar-refractivity contribution is 0.315. The molecule has 1 unspecified atom stereocenters. The molecule has 2 N–H and O–H groups in total. The molecule has 3 nitrogen and oxygen atoms in total. The first kappa shape index (κ1) is 15.4. The summed E-state index contributed by atoms with van der Waals surface area (Å²) in [6.45, 7) is 2.62. The van der Waals surface area contributed by atoms with Crippen LogP contribution in [-0.2, 0) is 6.42 Å². The molecule has 1 heterocycles. The lowest BCUT2D eigenvalue weighted by Crippen LogP contribution is -2.14. The first-order valence-electron chi connectivity index (χ1n) is 6.87. The Bertz CT molecular complexity index is 605. The van der Waals surface area contributed by atoms with Crippen molar-refractivity contribution < 1.29 is 13.5 Å². The maximum absolute atomic E-state index is 13.6. The summed E-state index contributed by atoms with van der Waals surface area (Å²) in [7, 11) is 0. The van der Waals surface area contributed by atoms with Crippen LogP contribution in [-0.4, -0.2) is 11.6 Å². The Morgan fingerprint density at radius 2 is 2.05 bits per heavy atom. The van der Waals surface area contributed by atoms with Crippen LogP contribution >= 0.6 is 0 Å². The smallest absolute Gasteiger partial charge is 0.137 e. The fraction of sp³-hybridized carbons (Fsp3) is 0.312. The Balaban J connectivity index is 2.10. The summed E-state index contributed by atoms with van der Waals surface area (Å²) < 4.78 is 32.0. The molecule has 0 aliphatic carbocycles. The summed E-state index contributed by atoms with van der Waals surface area (Å²) >= 11 is 0. The molecule has 0 aliphatic rings. The van der Waals surface area contributed by atoms with E-state index >= 15 is 0 Å². The van der Waals surface area contributed by atoms with Gasteiger partial charge in [-0.3, -0.25) is 4.98 Å². The van der Waals surface area contributed by atoms with Gasteiger partial charge in [0.05, 0.1) is 12.8 Å². The molecule has 1 aromatic carbocycles. The van der Waals surface area contributed by atoms with Crippen molar-refractivity contribution in [1.29, 1.82) is 0 Å². The minimum Gasteiger partial charge on any atom is -0.492 e. The molecule has 0 fully saturated rings. The van der Waals surface area contributed by atoms with Gasteiger partial charge in [0.25, 0.3) is 0 Å². The highest BCUT2D eigenvalue weighted by atomic mass is 19.1. The van der Waals surface area contributed by atoms with Gasteiger partial charge >= 0.3 is 0 Å². The third kappa shape index (κ3) is 4.23. The van der Waals surface area contributed by atoms with Gasteiger partial charge < -0.3 is 10.5 Å². The van der Waals surface area contributed by atoms with Crippen molar-refractivity contribution in [1.82, 2.24) is 4.98 Å². The lowest BCUT2D eigenvalue weighted by Gasteiger charge is -2.14. The molecule has 0 aliphatic heterocycles. The first-order valence-corrected chi connectivity index (χ1v) is 6.87. The molecule has 2 rings (SSSR count). The zero-order valence-electron chi connectivity index (χ0n) is 11.9. The van der Waals surface area contributed by atoms with Crippen molar-refractivity contribution in [3.8, 4) is 5.75 Å².